The van der Waals surface area contributed by atoms with Crippen LogP contribution in [0.1, 0.15) is 24.5 Å². The Kier molecular flexibility index (Phi) is 5.70. The average molecular weight is 302 g/mol. The van der Waals surface area contributed by atoms with Crippen molar-refractivity contribution in [2.24, 2.45) is 0 Å². The highest BCUT2D eigenvalue weighted by Crippen LogP contribution is 2.21. The lowest BCUT2D eigenvalue weighted by atomic mass is 10.1. The van der Waals surface area contributed by atoms with Crippen LogP contribution in [0.15, 0.2) is 17.0 Å². The largest absolute Gasteiger partial charge is 0.398 e. The van der Waals surface area contributed by atoms with E-state index in [2.05, 4.69) is 4.72 Å². The van der Waals surface area contributed by atoms with Crippen molar-refractivity contribution in [2.45, 2.75) is 38.1 Å². The summed E-state index contributed by atoms with van der Waals surface area (Å²) in [5, 5.41) is 0. The third-order valence-corrected chi connectivity index (χ3v) is 5.32. The number of thioether (sulfide) groups is 1. The molecule has 108 valence electrons. The van der Waals surface area contributed by atoms with Crippen molar-refractivity contribution in [3.05, 3.63) is 23.3 Å². The summed E-state index contributed by atoms with van der Waals surface area (Å²) >= 11 is 1.70. The predicted molar refractivity (Wildman–Crippen MR) is 83.1 cm³/mol. The molecule has 0 aromatic heterocycles. The van der Waals surface area contributed by atoms with Gasteiger partial charge in [0.05, 0.1) is 4.90 Å². The van der Waals surface area contributed by atoms with Crippen LogP contribution in [0.4, 0.5) is 5.69 Å². The Bertz CT molecular complexity index is 519. The van der Waals surface area contributed by atoms with E-state index in [1.165, 1.54) is 6.07 Å². The molecule has 1 rings (SSSR count). The number of rotatable bonds is 6. The van der Waals surface area contributed by atoms with Gasteiger partial charge in [-0.15, -0.1) is 0 Å². The number of aryl methyl sites for hydroxylation is 1. The molecule has 1 aromatic rings. The fourth-order valence-corrected chi connectivity index (χ4v) is 3.68. The minimum Gasteiger partial charge on any atom is -0.398 e. The van der Waals surface area contributed by atoms with Gasteiger partial charge in [-0.2, -0.15) is 11.8 Å². The van der Waals surface area contributed by atoms with Crippen molar-refractivity contribution < 1.29 is 8.42 Å². The molecule has 6 heteroatoms. The summed E-state index contributed by atoms with van der Waals surface area (Å²) in [6.45, 7) is 5.62. The van der Waals surface area contributed by atoms with E-state index in [1.807, 2.05) is 27.0 Å². The highest BCUT2D eigenvalue weighted by atomic mass is 32.2. The quantitative estimate of drug-likeness (QED) is 0.791. The van der Waals surface area contributed by atoms with Crippen LogP contribution in [0, 0.1) is 13.8 Å². The molecule has 0 aliphatic carbocycles. The molecule has 4 nitrogen and oxygen atoms in total. The summed E-state index contributed by atoms with van der Waals surface area (Å²) in [5.74, 6) is 0.929. The second kappa shape index (κ2) is 6.63. The minimum atomic E-state index is -3.49. The summed E-state index contributed by atoms with van der Waals surface area (Å²) in [5.41, 5.74) is 8.16. The zero-order chi connectivity index (χ0) is 14.6. The lowest BCUT2D eigenvalue weighted by Crippen LogP contribution is -2.33. The Hall–Kier alpha value is -0.720. The number of hydrogen-bond acceptors (Lipinski definition) is 4. The van der Waals surface area contributed by atoms with Crippen LogP contribution in [0.2, 0.25) is 0 Å². The van der Waals surface area contributed by atoms with Gasteiger partial charge in [-0.25, -0.2) is 13.1 Å². The normalized spacial score (nSPS) is 13.5. The van der Waals surface area contributed by atoms with Crippen LogP contribution in [0.25, 0.3) is 0 Å². The fraction of sp³-hybridized carbons (Fsp3) is 0.538. The summed E-state index contributed by atoms with van der Waals surface area (Å²) in [7, 11) is -3.49. The first kappa shape index (κ1) is 16.3. The second-order valence-electron chi connectivity index (χ2n) is 4.76. The average Bonchev–Trinajstić information content (AvgIpc) is 2.32. The van der Waals surface area contributed by atoms with Gasteiger partial charge in [0, 0.05) is 11.7 Å². The lowest BCUT2D eigenvalue weighted by molar-refractivity contribution is 0.557. The molecule has 0 saturated heterocycles. The monoisotopic (exact) mass is 302 g/mol. The number of anilines is 1. The van der Waals surface area contributed by atoms with E-state index in [9.17, 15) is 8.42 Å². The van der Waals surface area contributed by atoms with Gasteiger partial charge >= 0.3 is 0 Å². The Morgan fingerprint density at radius 2 is 2.00 bits per heavy atom. The number of nitrogens with one attached hydrogen (secondary N) is 1. The Morgan fingerprint density at radius 3 is 2.53 bits per heavy atom. The standard InChI is InChI=1S/C13H22N2O2S2/c1-9-7-12(8-13(14)11(9)3)19(16,17)15-10(2)5-6-18-4/h7-8,10,15H,5-6,14H2,1-4H3. The van der Waals surface area contributed by atoms with Crippen molar-refractivity contribution in [1.82, 2.24) is 4.72 Å². The summed E-state index contributed by atoms with van der Waals surface area (Å²) < 4.78 is 27.2. The molecule has 0 radical (unpaired) electrons. The molecule has 0 heterocycles. The Labute approximate surface area is 120 Å². The molecular formula is C13H22N2O2S2. The highest BCUT2D eigenvalue weighted by Gasteiger charge is 2.18. The van der Waals surface area contributed by atoms with Gasteiger partial charge in [-0.1, -0.05) is 0 Å². The van der Waals surface area contributed by atoms with Crippen LogP contribution in [-0.4, -0.2) is 26.5 Å². The number of sulfonamides is 1. The van der Waals surface area contributed by atoms with Crippen molar-refractivity contribution in [2.75, 3.05) is 17.7 Å². The SMILES string of the molecule is CSCCC(C)NS(=O)(=O)c1cc(C)c(C)c(N)c1. The van der Waals surface area contributed by atoms with E-state index in [1.54, 1.807) is 17.8 Å². The molecule has 0 aliphatic heterocycles. The van der Waals surface area contributed by atoms with E-state index in [0.29, 0.717) is 5.69 Å². The maximum Gasteiger partial charge on any atom is 0.240 e. The molecule has 3 N–H and O–H groups in total. The highest BCUT2D eigenvalue weighted by molar-refractivity contribution is 7.98. The zero-order valence-corrected chi connectivity index (χ0v) is 13.5. The molecule has 0 amide bonds. The van der Waals surface area contributed by atoms with E-state index < -0.39 is 10.0 Å². The molecule has 0 aliphatic rings. The van der Waals surface area contributed by atoms with Gasteiger partial charge in [0.1, 0.15) is 0 Å². The summed E-state index contributed by atoms with van der Waals surface area (Å²) in [6.07, 6.45) is 2.81. The number of hydrogen-bond donors (Lipinski definition) is 2. The predicted octanol–water partition coefficient (Wildman–Crippen LogP) is 2.31. The minimum absolute atomic E-state index is 0.0831. The van der Waals surface area contributed by atoms with Crippen LogP contribution in [0.3, 0.4) is 0 Å². The first-order valence-electron chi connectivity index (χ1n) is 6.16. The van der Waals surface area contributed by atoms with Gasteiger partial charge in [0.15, 0.2) is 0 Å². The smallest absolute Gasteiger partial charge is 0.240 e. The molecule has 1 unspecified atom stereocenters. The van der Waals surface area contributed by atoms with Crippen molar-refractivity contribution in [1.29, 1.82) is 0 Å². The van der Waals surface area contributed by atoms with Crippen LogP contribution in [0.5, 0.6) is 0 Å². The third kappa shape index (κ3) is 4.40. The molecule has 0 saturated carbocycles. The molecule has 0 bridgehead atoms. The Balaban J connectivity index is 2.95. The lowest BCUT2D eigenvalue weighted by Gasteiger charge is -2.15. The molecule has 19 heavy (non-hydrogen) atoms. The summed E-state index contributed by atoms with van der Waals surface area (Å²) in [4.78, 5) is 0.240. The molecule has 1 atom stereocenters. The fourth-order valence-electron chi connectivity index (χ4n) is 1.69. The first-order valence-corrected chi connectivity index (χ1v) is 9.03. The number of benzene rings is 1. The topological polar surface area (TPSA) is 72.2 Å². The van der Waals surface area contributed by atoms with Crippen molar-refractivity contribution in [3.8, 4) is 0 Å². The first-order chi connectivity index (χ1) is 8.77. The van der Waals surface area contributed by atoms with Crippen LogP contribution >= 0.6 is 11.8 Å². The third-order valence-electron chi connectivity index (χ3n) is 3.10. The van der Waals surface area contributed by atoms with Gasteiger partial charge in [0.2, 0.25) is 10.0 Å². The number of nitrogen functional groups attached to an aromatic ring is 1. The van der Waals surface area contributed by atoms with E-state index in [0.717, 1.165) is 23.3 Å². The van der Waals surface area contributed by atoms with Gasteiger partial charge in [-0.3, -0.25) is 0 Å². The maximum atomic E-state index is 12.2. The van der Waals surface area contributed by atoms with Crippen molar-refractivity contribution >= 4 is 27.5 Å². The van der Waals surface area contributed by atoms with Gasteiger partial charge in [0.25, 0.3) is 0 Å². The molecule has 0 fully saturated rings. The van der Waals surface area contributed by atoms with E-state index in [-0.39, 0.29) is 10.9 Å². The second-order valence-corrected chi connectivity index (χ2v) is 7.46. The van der Waals surface area contributed by atoms with Gasteiger partial charge in [-0.05, 0) is 62.5 Å². The number of nitrogens with two attached hydrogens (primary N) is 1. The van der Waals surface area contributed by atoms with E-state index >= 15 is 0 Å². The Morgan fingerprint density at radius 1 is 1.37 bits per heavy atom. The van der Waals surface area contributed by atoms with Gasteiger partial charge < -0.3 is 5.73 Å². The maximum absolute atomic E-state index is 12.2. The summed E-state index contributed by atoms with van der Waals surface area (Å²) in [6, 6.07) is 3.10. The molecule has 0 spiro atoms. The molecule has 1 aromatic carbocycles. The van der Waals surface area contributed by atoms with Crippen molar-refractivity contribution in [3.63, 3.8) is 0 Å². The van der Waals surface area contributed by atoms with Crippen LogP contribution < -0.4 is 10.5 Å². The zero-order valence-electron chi connectivity index (χ0n) is 11.9. The van der Waals surface area contributed by atoms with E-state index in [4.69, 9.17) is 5.73 Å². The van der Waals surface area contributed by atoms with Crippen LogP contribution in [-0.2, 0) is 10.0 Å². The molecular weight excluding hydrogens is 280 g/mol.